The molecular weight excluding hydrogens is 434 g/mol. The van der Waals surface area contributed by atoms with Gasteiger partial charge in [-0.1, -0.05) is 68.3 Å². The molecule has 0 aliphatic carbocycles. The predicted molar refractivity (Wildman–Crippen MR) is 132 cm³/mol. The number of aliphatic carboxylic acids is 2. The molecule has 2 atom stereocenters. The normalized spacial score (nSPS) is 17.9. The summed E-state index contributed by atoms with van der Waals surface area (Å²) in [6, 6.07) is 18.8. The molecule has 7 nitrogen and oxygen atoms in total. The molecule has 1 aliphatic rings. The summed E-state index contributed by atoms with van der Waals surface area (Å²) in [6.07, 6.45) is 6.48. The number of piperidine rings is 1. The minimum absolute atomic E-state index is 0.323. The zero-order chi connectivity index (χ0) is 24.8. The number of ether oxygens (including phenoxy) is 2. The van der Waals surface area contributed by atoms with Gasteiger partial charge in [0, 0.05) is 19.2 Å². The van der Waals surface area contributed by atoms with Crippen molar-refractivity contribution in [3.8, 4) is 16.9 Å². The van der Waals surface area contributed by atoms with Crippen LogP contribution in [0.1, 0.15) is 39.0 Å². The summed E-state index contributed by atoms with van der Waals surface area (Å²) in [4.78, 5) is 20.8. The van der Waals surface area contributed by atoms with Gasteiger partial charge < -0.3 is 24.6 Å². The highest BCUT2D eigenvalue weighted by molar-refractivity contribution is 6.27. The molecule has 0 spiro atoms. The summed E-state index contributed by atoms with van der Waals surface area (Å²) in [5.41, 5.74) is 2.37. The van der Waals surface area contributed by atoms with Crippen molar-refractivity contribution in [3.63, 3.8) is 0 Å². The van der Waals surface area contributed by atoms with Crippen molar-refractivity contribution < 1.29 is 29.3 Å². The van der Waals surface area contributed by atoms with E-state index in [1.807, 2.05) is 13.2 Å². The topological polar surface area (TPSA) is 96.3 Å². The fraction of sp³-hybridized carbons (Fsp3) is 0.481. The van der Waals surface area contributed by atoms with Gasteiger partial charge in [-0.05, 0) is 49.9 Å². The molecule has 0 aromatic heterocycles. The molecule has 186 valence electrons. The summed E-state index contributed by atoms with van der Waals surface area (Å²) in [5, 5.41) is 14.8. The van der Waals surface area contributed by atoms with Crippen LogP contribution in [0.2, 0.25) is 0 Å². The second-order valence-corrected chi connectivity index (χ2v) is 8.44. The molecule has 2 aromatic rings. The van der Waals surface area contributed by atoms with Crippen LogP contribution in [0.4, 0.5) is 0 Å². The lowest BCUT2D eigenvalue weighted by Gasteiger charge is -2.37. The maximum absolute atomic E-state index is 9.10. The van der Waals surface area contributed by atoms with Crippen LogP contribution in [-0.2, 0) is 14.3 Å². The number of likely N-dealkylation sites (tertiary alicyclic amines) is 1. The largest absolute Gasteiger partial charge is 0.493 e. The maximum atomic E-state index is 9.10. The molecule has 0 radical (unpaired) electrons. The van der Waals surface area contributed by atoms with Crippen molar-refractivity contribution in [2.24, 2.45) is 5.92 Å². The third-order valence-corrected chi connectivity index (χ3v) is 6.06. The fourth-order valence-electron chi connectivity index (χ4n) is 4.18. The van der Waals surface area contributed by atoms with Gasteiger partial charge in [0.1, 0.15) is 5.75 Å². The van der Waals surface area contributed by atoms with Gasteiger partial charge in [-0.3, -0.25) is 0 Å². The van der Waals surface area contributed by atoms with E-state index in [9.17, 15) is 0 Å². The van der Waals surface area contributed by atoms with E-state index in [2.05, 4.69) is 60.4 Å². The number of benzene rings is 2. The SMILES string of the molecule is CCCCCN1CCC(CCOc2ccccc2-c2ccccc2)C(OC)C1.O=C(O)C(=O)O. The average molecular weight is 472 g/mol. The Labute approximate surface area is 202 Å². The number of carboxylic acid groups (broad SMARTS) is 2. The van der Waals surface area contributed by atoms with Crippen molar-refractivity contribution in [1.82, 2.24) is 4.90 Å². The Morgan fingerprint density at radius 3 is 2.32 bits per heavy atom. The van der Waals surface area contributed by atoms with Crippen molar-refractivity contribution in [3.05, 3.63) is 54.6 Å². The highest BCUT2D eigenvalue weighted by atomic mass is 16.5. The molecule has 1 heterocycles. The number of nitrogens with zero attached hydrogens (tertiary/aromatic N) is 1. The molecule has 0 amide bonds. The van der Waals surface area contributed by atoms with E-state index in [0.717, 1.165) is 30.9 Å². The maximum Gasteiger partial charge on any atom is 0.414 e. The highest BCUT2D eigenvalue weighted by Gasteiger charge is 2.28. The van der Waals surface area contributed by atoms with Crippen LogP contribution in [0.15, 0.2) is 54.6 Å². The highest BCUT2D eigenvalue weighted by Crippen LogP contribution is 2.30. The summed E-state index contributed by atoms with van der Waals surface area (Å²) >= 11 is 0. The number of unbranched alkanes of at least 4 members (excludes halogenated alkanes) is 2. The van der Waals surface area contributed by atoms with Gasteiger partial charge in [-0.2, -0.15) is 0 Å². The molecule has 3 rings (SSSR count). The zero-order valence-corrected chi connectivity index (χ0v) is 20.2. The third kappa shape index (κ3) is 9.15. The Kier molecular flexibility index (Phi) is 12.1. The lowest BCUT2D eigenvalue weighted by Crippen LogP contribution is -2.45. The Hall–Kier alpha value is -2.90. The van der Waals surface area contributed by atoms with Crippen LogP contribution < -0.4 is 4.74 Å². The number of hydrogen-bond acceptors (Lipinski definition) is 5. The average Bonchev–Trinajstić information content (AvgIpc) is 2.86. The molecule has 1 aliphatic heterocycles. The van der Waals surface area contributed by atoms with Gasteiger partial charge in [0.15, 0.2) is 0 Å². The Balaban J connectivity index is 0.000000604. The van der Waals surface area contributed by atoms with Gasteiger partial charge >= 0.3 is 11.9 Å². The minimum Gasteiger partial charge on any atom is -0.493 e. The first-order valence-electron chi connectivity index (χ1n) is 11.9. The van der Waals surface area contributed by atoms with Crippen LogP contribution in [-0.4, -0.2) is 66.5 Å². The molecule has 7 heteroatoms. The van der Waals surface area contributed by atoms with E-state index < -0.39 is 11.9 Å². The first kappa shape index (κ1) is 27.3. The number of rotatable bonds is 10. The Morgan fingerprint density at radius 1 is 1.00 bits per heavy atom. The molecule has 2 N–H and O–H groups in total. The standard InChI is InChI=1S/C25H35NO2.C2H2O4/c1-3-4-10-17-26-18-15-22(25(20-26)27-2)16-19-28-24-14-9-8-13-23(24)21-11-6-5-7-12-21;3-1(4)2(5)6/h5-9,11-14,22,25H,3-4,10,15-20H2,1-2H3;(H,3,4)(H,5,6). The van der Waals surface area contributed by atoms with Crippen LogP contribution in [0.5, 0.6) is 5.75 Å². The van der Waals surface area contributed by atoms with Crippen LogP contribution in [0.25, 0.3) is 11.1 Å². The number of carboxylic acids is 2. The molecular formula is C27H37NO6. The third-order valence-electron chi connectivity index (χ3n) is 6.06. The monoisotopic (exact) mass is 471 g/mol. The molecule has 0 saturated carbocycles. The fourth-order valence-corrected chi connectivity index (χ4v) is 4.18. The predicted octanol–water partition coefficient (Wildman–Crippen LogP) is 4.81. The molecule has 2 aromatic carbocycles. The first-order chi connectivity index (χ1) is 16.5. The van der Waals surface area contributed by atoms with E-state index in [0.29, 0.717) is 12.0 Å². The number of methoxy groups -OCH3 is 1. The number of para-hydroxylation sites is 1. The van der Waals surface area contributed by atoms with Crippen LogP contribution in [0, 0.1) is 5.92 Å². The van der Waals surface area contributed by atoms with Gasteiger partial charge in [0.25, 0.3) is 0 Å². The van der Waals surface area contributed by atoms with Crippen molar-refractivity contribution in [1.29, 1.82) is 0 Å². The first-order valence-corrected chi connectivity index (χ1v) is 11.9. The quantitative estimate of drug-likeness (QED) is 0.379. The Morgan fingerprint density at radius 2 is 1.68 bits per heavy atom. The summed E-state index contributed by atoms with van der Waals surface area (Å²) in [7, 11) is 1.86. The van der Waals surface area contributed by atoms with Gasteiger partial charge in [-0.15, -0.1) is 0 Å². The summed E-state index contributed by atoms with van der Waals surface area (Å²) < 4.78 is 12.1. The van der Waals surface area contributed by atoms with Crippen LogP contribution in [0.3, 0.4) is 0 Å². The van der Waals surface area contributed by atoms with Crippen molar-refractivity contribution in [2.45, 2.75) is 45.1 Å². The molecule has 0 bridgehead atoms. The van der Waals surface area contributed by atoms with Gasteiger partial charge in [-0.25, -0.2) is 9.59 Å². The van der Waals surface area contributed by atoms with Gasteiger partial charge in [0.05, 0.1) is 12.7 Å². The number of hydrogen-bond donors (Lipinski definition) is 2. The number of carbonyl (C=O) groups is 2. The van der Waals surface area contributed by atoms with Crippen molar-refractivity contribution >= 4 is 11.9 Å². The molecule has 34 heavy (non-hydrogen) atoms. The zero-order valence-electron chi connectivity index (χ0n) is 20.2. The molecule has 1 fully saturated rings. The Bertz CT molecular complexity index is 860. The van der Waals surface area contributed by atoms with E-state index in [1.54, 1.807) is 0 Å². The van der Waals surface area contributed by atoms with E-state index >= 15 is 0 Å². The second-order valence-electron chi connectivity index (χ2n) is 8.44. The van der Waals surface area contributed by atoms with Crippen molar-refractivity contribution in [2.75, 3.05) is 33.4 Å². The lowest BCUT2D eigenvalue weighted by atomic mass is 9.90. The van der Waals surface area contributed by atoms with E-state index in [4.69, 9.17) is 29.3 Å². The minimum atomic E-state index is -1.82. The van der Waals surface area contributed by atoms with Gasteiger partial charge in [0.2, 0.25) is 0 Å². The van der Waals surface area contributed by atoms with E-state index in [-0.39, 0.29) is 0 Å². The lowest BCUT2D eigenvalue weighted by molar-refractivity contribution is -0.159. The second kappa shape index (κ2) is 15.1. The summed E-state index contributed by atoms with van der Waals surface area (Å²) in [5.74, 6) is -2.10. The molecule has 2 unspecified atom stereocenters. The molecule has 1 saturated heterocycles. The van der Waals surface area contributed by atoms with E-state index in [1.165, 1.54) is 44.3 Å². The smallest absolute Gasteiger partial charge is 0.414 e. The van der Waals surface area contributed by atoms with Crippen LogP contribution >= 0.6 is 0 Å². The summed E-state index contributed by atoms with van der Waals surface area (Å²) in [6.45, 7) is 6.46.